The molecule has 0 amide bonds. The lowest BCUT2D eigenvalue weighted by molar-refractivity contribution is 0.103. The summed E-state index contributed by atoms with van der Waals surface area (Å²) < 4.78 is 57.1. The van der Waals surface area contributed by atoms with E-state index in [0.717, 1.165) is 11.1 Å². The monoisotopic (exact) mass is 992 g/mol. The molecule has 0 saturated carbocycles. The fraction of sp³-hybridized carbons (Fsp3) is 0.261. The standard InChI is InChI=1S/C23H26ClN5O3S.C21H21ClN4O3S.C2H7NO/c1-5-32-28-21(15-6-11-20(25)26-13-15)22-19(12-17(24)14-27-22)29-33(30,31)18-9-7-16(8-10-18)23(2,3)4;1-21(2,3)14-5-7-16(8-6-14)30(28,29)26-17-10-15(22)12-25-19(17)20(27)13-4-9-18(23)24-11-13;1-2-4-3/h6-14,29H,5H2,1-4H3,(H2,25,26);4-12,26H,1-3H3,(H2,23,24);2-3H2,1H3/b28-21+;;. The van der Waals surface area contributed by atoms with Crippen LogP contribution in [0.25, 0.3) is 0 Å². The number of anilines is 4. The third-order valence-corrected chi connectivity index (χ3v) is 12.4. The van der Waals surface area contributed by atoms with Gasteiger partial charge < -0.3 is 21.1 Å². The molecule has 0 fully saturated rings. The Balaban J connectivity index is 0.000000272. The third kappa shape index (κ3) is 15.1. The van der Waals surface area contributed by atoms with E-state index in [9.17, 15) is 21.6 Å². The summed E-state index contributed by atoms with van der Waals surface area (Å²) in [6.07, 6.45) is 5.49. The normalized spacial score (nSPS) is 11.9. The number of hydrogen-bond donors (Lipinski definition) is 5. The molecule has 0 radical (unpaired) electrons. The lowest BCUT2D eigenvalue weighted by Gasteiger charge is -2.19. The van der Waals surface area contributed by atoms with Crippen molar-refractivity contribution in [3.8, 4) is 0 Å². The summed E-state index contributed by atoms with van der Waals surface area (Å²) in [6, 6.07) is 22.4. The minimum atomic E-state index is -3.97. The van der Waals surface area contributed by atoms with Crippen molar-refractivity contribution < 1.29 is 31.3 Å². The number of nitrogens with two attached hydrogens (primary N) is 3. The summed E-state index contributed by atoms with van der Waals surface area (Å²) in [6.45, 7) is 16.8. The zero-order valence-electron chi connectivity index (χ0n) is 38.2. The number of halogens is 2. The molecule has 4 aromatic heterocycles. The number of nitrogens with zero attached hydrogens (tertiary/aromatic N) is 5. The van der Waals surface area contributed by atoms with Crippen molar-refractivity contribution in [2.24, 2.45) is 11.1 Å². The maximum atomic E-state index is 13.2. The number of benzene rings is 2. The highest BCUT2D eigenvalue weighted by Gasteiger charge is 2.25. The zero-order valence-corrected chi connectivity index (χ0v) is 41.3. The second-order valence-corrected chi connectivity index (χ2v) is 20.7. The average Bonchev–Trinajstić information content (AvgIpc) is 3.27. The molecule has 0 unspecified atom stereocenters. The predicted molar refractivity (Wildman–Crippen MR) is 264 cm³/mol. The van der Waals surface area contributed by atoms with Crippen LogP contribution in [0.2, 0.25) is 10.0 Å². The van der Waals surface area contributed by atoms with E-state index in [-0.39, 0.29) is 70.5 Å². The summed E-state index contributed by atoms with van der Waals surface area (Å²) in [5, 5.41) is 4.58. The van der Waals surface area contributed by atoms with Gasteiger partial charge in [-0.25, -0.2) is 37.7 Å². The molecule has 0 aliphatic rings. The molecule has 0 atom stereocenters. The first kappa shape index (κ1) is 53.4. The van der Waals surface area contributed by atoms with Gasteiger partial charge >= 0.3 is 0 Å². The molecule has 21 heteroatoms. The van der Waals surface area contributed by atoms with Crippen LogP contribution in [0.15, 0.2) is 125 Å². The highest BCUT2D eigenvalue weighted by molar-refractivity contribution is 7.93. The second kappa shape index (κ2) is 23.0. The van der Waals surface area contributed by atoms with Crippen molar-refractivity contribution in [1.82, 2.24) is 19.9 Å². The summed E-state index contributed by atoms with van der Waals surface area (Å²) in [5.74, 6) is 4.60. The number of oxime groups is 1. The zero-order chi connectivity index (χ0) is 49.7. The van der Waals surface area contributed by atoms with Crippen LogP contribution in [0.5, 0.6) is 0 Å². The molecule has 0 saturated heterocycles. The van der Waals surface area contributed by atoms with Crippen LogP contribution in [-0.4, -0.2) is 61.5 Å². The Morgan fingerprint density at radius 1 is 0.612 bits per heavy atom. The number of pyridine rings is 4. The van der Waals surface area contributed by atoms with Crippen LogP contribution in [0.3, 0.4) is 0 Å². The molecule has 0 bridgehead atoms. The maximum absolute atomic E-state index is 13.2. The van der Waals surface area contributed by atoms with Gasteiger partial charge in [-0.2, -0.15) is 0 Å². The average molecular weight is 994 g/mol. The van der Waals surface area contributed by atoms with Crippen LogP contribution in [0, 0.1) is 0 Å². The molecule has 17 nitrogen and oxygen atoms in total. The fourth-order valence-electron chi connectivity index (χ4n) is 5.66. The van der Waals surface area contributed by atoms with Crippen LogP contribution >= 0.6 is 23.2 Å². The topological polar surface area (TPSA) is 270 Å². The smallest absolute Gasteiger partial charge is 0.261 e. The Morgan fingerprint density at radius 3 is 1.39 bits per heavy atom. The maximum Gasteiger partial charge on any atom is 0.261 e. The summed E-state index contributed by atoms with van der Waals surface area (Å²) in [7, 11) is -7.91. The number of hydrogen-bond acceptors (Lipinski definition) is 15. The van der Waals surface area contributed by atoms with Crippen molar-refractivity contribution in [1.29, 1.82) is 0 Å². The SMILES string of the molecule is CC(C)(C)c1ccc(S(=O)(=O)Nc2cc(Cl)cnc2C(=O)c2ccc(N)nc2)cc1.CCO/N=C(\c1ccc(N)nc1)c1ncc(Cl)cc1NS(=O)(=O)c1ccc(C(C)(C)C)cc1.CCON. The summed E-state index contributed by atoms with van der Waals surface area (Å²) in [5.41, 5.74) is 14.4. The molecule has 6 rings (SSSR count). The van der Waals surface area contributed by atoms with Crippen molar-refractivity contribution >= 4 is 77.8 Å². The molecule has 4 heterocycles. The van der Waals surface area contributed by atoms with Gasteiger partial charge in [-0.1, -0.05) is 94.2 Å². The number of carbonyl (C=O) groups is 1. The van der Waals surface area contributed by atoms with E-state index in [4.69, 9.17) is 39.5 Å². The van der Waals surface area contributed by atoms with Gasteiger partial charge in [-0.05, 0) is 96.5 Å². The number of carbonyl (C=O) groups excluding carboxylic acids is 1. The number of sulfonamides is 2. The summed E-state index contributed by atoms with van der Waals surface area (Å²) >= 11 is 12.1. The van der Waals surface area contributed by atoms with Crippen LogP contribution < -0.4 is 26.8 Å². The van der Waals surface area contributed by atoms with Gasteiger partial charge in [-0.15, -0.1) is 0 Å². The van der Waals surface area contributed by atoms with Gasteiger partial charge in [0.05, 0.1) is 37.8 Å². The van der Waals surface area contributed by atoms with Crippen LogP contribution in [0.4, 0.5) is 23.0 Å². The van der Waals surface area contributed by atoms with Gasteiger partial charge in [0.1, 0.15) is 35.3 Å². The van der Waals surface area contributed by atoms with Gasteiger partial charge in [0, 0.05) is 35.9 Å². The minimum absolute atomic E-state index is 0.0239. The largest absolute Gasteiger partial charge is 0.396 e. The van der Waals surface area contributed by atoms with E-state index < -0.39 is 25.8 Å². The van der Waals surface area contributed by atoms with Crippen molar-refractivity contribution in [2.75, 3.05) is 34.1 Å². The van der Waals surface area contributed by atoms with E-state index in [1.54, 1.807) is 55.5 Å². The molecule has 6 aromatic rings. The number of rotatable bonds is 13. The number of nitrogens with one attached hydrogen (secondary N) is 2. The Labute approximate surface area is 401 Å². The Bertz CT molecular complexity index is 2870. The number of aromatic nitrogens is 4. The van der Waals surface area contributed by atoms with Gasteiger partial charge in [-0.3, -0.25) is 19.2 Å². The van der Waals surface area contributed by atoms with Crippen LogP contribution in [-0.2, 0) is 40.6 Å². The Morgan fingerprint density at radius 2 is 1.01 bits per heavy atom. The highest BCUT2D eigenvalue weighted by Crippen LogP contribution is 2.29. The Hall–Kier alpha value is -6.22. The Kier molecular flexibility index (Phi) is 18.3. The van der Waals surface area contributed by atoms with Crippen LogP contribution in [0.1, 0.15) is 93.8 Å². The molecular weight excluding hydrogens is 940 g/mol. The first-order valence-electron chi connectivity index (χ1n) is 20.5. The molecule has 0 aliphatic heterocycles. The molecule has 0 aliphatic carbocycles. The van der Waals surface area contributed by atoms with Crippen molar-refractivity contribution in [3.63, 3.8) is 0 Å². The van der Waals surface area contributed by atoms with E-state index in [1.165, 1.54) is 61.2 Å². The van der Waals surface area contributed by atoms with Crippen molar-refractivity contribution in [3.05, 3.63) is 153 Å². The third-order valence-electron chi connectivity index (χ3n) is 9.26. The second-order valence-electron chi connectivity index (χ2n) is 16.4. The fourth-order valence-corrected chi connectivity index (χ4v) is 8.09. The lowest BCUT2D eigenvalue weighted by Crippen LogP contribution is -2.18. The van der Waals surface area contributed by atoms with E-state index in [2.05, 4.69) is 66.0 Å². The number of ketones is 1. The van der Waals surface area contributed by atoms with Gasteiger partial charge in [0.2, 0.25) is 5.78 Å². The first-order valence-corrected chi connectivity index (χ1v) is 24.2. The molecule has 0 spiro atoms. The summed E-state index contributed by atoms with van der Waals surface area (Å²) in [4.78, 5) is 38.6. The van der Waals surface area contributed by atoms with Gasteiger partial charge in [0.15, 0.2) is 0 Å². The van der Waals surface area contributed by atoms with E-state index in [1.807, 2.05) is 27.7 Å². The lowest BCUT2D eigenvalue weighted by atomic mass is 9.87. The van der Waals surface area contributed by atoms with Gasteiger partial charge in [0.25, 0.3) is 20.0 Å². The molecule has 67 heavy (non-hydrogen) atoms. The molecular formula is C46H54Cl2N10O7S2. The van der Waals surface area contributed by atoms with Crippen molar-refractivity contribution in [2.45, 2.75) is 76.0 Å². The highest BCUT2D eigenvalue weighted by atomic mass is 35.5. The molecule has 8 N–H and O–H groups in total. The quantitative estimate of drug-likeness (QED) is 0.0412. The predicted octanol–water partition coefficient (Wildman–Crippen LogP) is 8.54. The molecule has 2 aromatic carbocycles. The number of nitrogen functional groups attached to an aromatic ring is 2. The first-order chi connectivity index (χ1) is 31.4. The minimum Gasteiger partial charge on any atom is -0.396 e. The van der Waals surface area contributed by atoms with E-state index in [0.29, 0.717) is 24.6 Å². The molecule has 356 valence electrons. The van der Waals surface area contributed by atoms with E-state index >= 15 is 0 Å².